The summed E-state index contributed by atoms with van der Waals surface area (Å²) in [6.07, 6.45) is 13.4. The Morgan fingerprint density at radius 3 is 2.74 bits per heavy atom. The van der Waals surface area contributed by atoms with Crippen LogP contribution in [0.3, 0.4) is 0 Å². The lowest BCUT2D eigenvalue weighted by Gasteiger charge is -2.32. The molecule has 19 heavy (non-hydrogen) atoms. The zero-order valence-electron chi connectivity index (χ0n) is 12.2. The highest BCUT2D eigenvalue weighted by atomic mass is 16.5. The van der Waals surface area contributed by atoms with E-state index in [-0.39, 0.29) is 0 Å². The minimum absolute atomic E-state index is 0.555. The molecule has 1 heterocycles. The monoisotopic (exact) mass is 263 g/mol. The largest absolute Gasteiger partial charge is 0.378 e. The molecular formula is C17H29NO. The van der Waals surface area contributed by atoms with Gasteiger partial charge in [0.25, 0.3) is 0 Å². The van der Waals surface area contributed by atoms with Crippen molar-refractivity contribution in [2.45, 2.75) is 69.9 Å². The van der Waals surface area contributed by atoms with Crippen LogP contribution < -0.4 is 5.32 Å². The summed E-state index contributed by atoms with van der Waals surface area (Å²) in [6, 6.07) is 0.855. The van der Waals surface area contributed by atoms with Gasteiger partial charge in [0.1, 0.15) is 0 Å². The van der Waals surface area contributed by atoms with Crippen LogP contribution in [0.4, 0.5) is 0 Å². The van der Waals surface area contributed by atoms with Crippen molar-refractivity contribution in [3.63, 3.8) is 0 Å². The van der Waals surface area contributed by atoms with Crippen molar-refractivity contribution < 1.29 is 4.74 Å². The normalized spacial score (nSPS) is 48.6. The van der Waals surface area contributed by atoms with E-state index in [1.807, 2.05) is 0 Å². The van der Waals surface area contributed by atoms with E-state index in [2.05, 4.69) is 5.32 Å². The molecule has 0 radical (unpaired) electrons. The predicted molar refractivity (Wildman–Crippen MR) is 77.0 cm³/mol. The average Bonchev–Trinajstić information content (AvgIpc) is 3.12. The van der Waals surface area contributed by atoms with Gasteiger partial charge >= 0.3 is 0 Å². The third-order valence-electron chi connectivity index (χ3n) is 6.58. The predicted octanol–water partition coefficient (Wildman–Crippen LogP) is 3.36. The molecule has 1 saturated heterocycles. The van der Waals surface area contributed by atoms with E-state index < -0.39 is 0 Å². The molecule has 0 aromatic rings. The first-order valence-corrected chi connectivity index (χ1v) is 8.77. The summed E-state index contributed by atoms with van der Waals surface area (Å²) in [6.45, 7) is 2.19. The summed E-state index contributed by atoms with van der Waals surface area (Å²) in [5.74, 6) is 4.35. The molecule has 6 atom stereocenters. The summed E-state index contributed by atoms with van der Waals surface area (Å²) in [5, 5.41) is 3.89. The molecular weight excluding hydrogens is 234 g/mol. The molecule has 1 aliphatic heterocycles. The van der Waals surface area contributed by atoms with E-state index in [4.69, 9.17) is 4.74 Å². The Balaban J connectivity index is 1.24. The van der Waals surface area contributed by atoms with Crippen molar-refractivity contribution >= 4 is 0 Å². The van der Waals surface area contributed by atoms with Gasteiger partial charge in [0, 0.05) is 12.6 Å². The molecule has 0 aromatic carbocycles. The SMILES string of the molecule is C1CCC(CCNC2CC3CC2C2CCCC32)OC1. The lowest BCUT2D eigenvalue weighted by atomic mass is 9.79. The van der Waals surface area contributed by atoms with Crippen molar-refractivity contribution in [3.8, 4) is 0 Å². The molecule has 3 aliphatic carbocycles. The number of ether oxygens (including phenoxy) is 1. The van der Waals surface area contributed by atoms with Gasteiger partial charge in [-0.05, 0) is 81.6 Å². The van der Waals surface area contributed by atoms with E-state index in [0.29, 0.717) is 6.10 Å². The molecule has 3 saturated carbocycles. The number of fused-ring (bicyclic) bond motifs is 5. The fraction of sp³-hybridized carbons (Fsp3) is 1.00. The molecule has 0 aromatic heterocycles. The molecule has 2 bridgehead atoms. The molecule has 4 aliphatic rings. The molecule has 4 fully saturated rings. The fourth-order valence-electron chi connectivity index (χ4n) is 5.77. The molecule has 0 spiro atoms. The first-order valence-electron chi connectivity index (χ1n) is 8.77. The highest BCUT2D eigenvalue weighted by molar-refractivity contribution is 5.05. The lowest BCUT2D eigenvalue weighted by Crippen LogP contribution is -2.40. The third-order valence-corrected chi connectivity index (χ3v) is 6.58. The Bertz CT molecular complexity index is 312. The maximum absolute atomic E-state index is 5.83. The van der Waals surface area contributed by atoms with Gasteiger partial charge in [-0.15, -0.1) is 0 Å². The van der Waals surface area contributed by atoms with E-state index in [1.54, 1.807) is 12.8 Å². The number of rotatable bonds is 4. The maximum Gasteiger partial charge on any atom is 0.0587 e. The van der Waals surface area contributed by atoms with E-state index in [9.17, 15) is 0 Å². The van der Waals surface area contributed by atoms with Crippen molar-refractivity contribution in [3.05, 3.63) is 0 Å². The van der Waals surface area contributed by atoms with Crippen LogP contribution in [0.15, 0.2) is 0 Å². The lowest BCUT2D eigenvalue weighted by molar-refractivity contribution is 0.0106. The Kier molecular flexibility index (Phi) is 3.57. The third kappa shape index (κ3) is 2.35. The van der Waals surface area contributed by atoms with Gasteiger partial charge in [0.15, 0.2) is 0 Å². The van der Waals surface area contributed by atoms with Gasteiger partial charge in [0.2, 0.25) is 0 Å². The van der Waals surface area contributed by atoms with E-state index in [1.165, 1.54) is 51.5 Å². The number of nitrogens with one attached hydrogen (secondary N) is 1. The molecule has 108 valence electrons. The van der Waals surface area contributed by atoms with Gasteiger partial charge in [-0.3, -0.25) is 0 Å². The Morgan fingerprint density at radius 1 is 0.895 bits per heavy atom. The van der Waals surface area contributed by atoms with Crippen molar-refractivity contribution in [1.29, 1.82) is 0 Å². The standard InChI is InChI=1S/C17H29NO/c1-2-9-19-13(4-1)7-8-18-17-11-12-10-16(17)15-6-3-5-14(12)15/h12-18H,1-11H2. The fourth-order valence-corrected chi connectivity index (χ4v) is 5.77. The second kappa shape index (κ2) is 5.37. The van der Waals surface area contributed by atoms with Crippen LogP contribution in [0.25, 0.3) is 0 Å². The smallest absolute Gasteiger partial charge is 0.0587 e. The summed E-state index contributed by atoms with van der Waals surface area (Å²) in [4.78, 5) is 0. The van der Waals surface area contributed by atoms with E-state index in [0.717, 1.165) is 36.3 Å². The van der Waals surface area contributed by atoms with Crippen LogP contribution >= 0.6 is 0 Å². The molecule has 2 nitrogen and oxygen atoms in total. The Hall–Kier alpha value is -0.0800. The van der Waals surface area contributed by atoms with E-state index >= 15 is 0 Å². The van der Waals surface area contributed by atoms with Gasteiger partial charge in [0.05, 0.1) is 6.10 Å². The molecule has 4 rings (SSSR count). The maximum atomic E-state index is 5.83. The van der Waals surface area contributed by atoms with Gasteiger partial charge in [-0.2, -0.15) is 0 Å². The van der Waals surface area contributed by atoms with Crippen LogP contribution in [-0.2, 0) is 4.74 Å². The Morgan fingerprint density at radius 2 is 1.84 bits per heavy atom. The number of hydrogen-bond donors (Lipinski definition) is 1. The van der Waals surface area contributed by atoms with Crippen LogP contribution in [0, 0.1) is 23.7 Å². The molecule has 1 N–H and O–H groups in total. The highest BCUT2D eigenvalue weighted by Crippen LogP contribution is 2.58. The summed E-state index contributed by atoms with van der Waals surface area (Å²) in [5.41, 5.74) is 0. The second-order valence-electron chi connectivity index (χ2n) is 7.49. The topological polar surface area (TPSA) is 21.3 Å². The summed E-state index contributed by atoms with van der Waals surface area (Å²) >= 11 is 0. The number of hydrogen-bond acceptors (Lipinski definition) is 2. The molecule has 6 unspecified atom stereocenters. The summed E-state index contributed by atoms with van der Waals surface area (Å²) < 4.78 is 5.83. The first kappa shape index (κ1) is 12.6. The highest BCUT2D eigenvalue weighted by Gasteiger charge is 2.53. The van der Waals surface area contributed by atoms with Crippen molar-refractivity contribution in [2.75, 3.05) is 13.2 Å². The second-order valence-corrected chi connectivity index (χ2v) is 7.49. The van der Waals surface area contributed by atoms with Gasteiger partial charge in [-0.25, -0.2) is 0 Å². The van der Waals surface area contributed by atoms with Gasteiger partial charge in [-0.1, -0.05) is 6.42 Å². The summed E-state index contributed by atoms with van der Waals surface area (Å²) in [7, 11) is 0. The van der Waals surface area contributed by atoms with Crippen LogP contribution in [0.1, 0.15) is 57.8 Å². The quantitative estimate of drug-likeness (QED) is 0.840. The molecule has 2 heteroatoms. The average molecular weight is 263 g/mol. The van der Waals surface area contributed by atoms with Gasteiger partial charge < -0.3 is 10.1 Å². The minimum Gasteiger partial charge on any atom is -0.378 e. The van der Waals surface area contributed by atoms with Crippen LogP contribution in [0.2, 0.25) is 0 Å². The zero-order valence-corrected chi connectivity index (χ0v) is 12.2. The molecule has 0 amide bonds. The Labute approximate surface area is 117 Å². The zero-order chi connectivity index (χ0) is 12.7. The minimum atomic E-state index is 0.555. The van der Waals surface area contributed by atoms with Crippen LogP contribution in [-0.4, -0.2) is 25.3 Å². The first-order chi connectivity index (χ1) is 9.42. The van der Waals surface area contributed by atoms with Crippen molar-refractivity contribution in [1.82, 2.24) is 5.32 Å². The van der Waals surface area contributed by atoms with Crippen molar-refractivity contribution in [2.24, 2.45) is 23.7 Å². The van der Waals surface area contributed by atoms with Crippen LogP contribution in [0.5, 0.6) is 0 Å².